The third-order valence-corrected chi connectivity index (χ3v) is 6.58. The van der Waals surface area contributed by atoms with Gasteiger partial charge in [0.15, 0.2) is 5.69 Å². The number of carbonyl (C=O) groups is 1. The minimum Gasteiger partial charge on any atom is -0.383 e. The molecular weight excluding hydrogens is 426 g/mol. The highest BCUT2D eigenvalue weighted by Gasteiger charge is 2.27. The lowest BCUT2D eigenvalue weighted by Gasteiger charge is -2.29. The fourth-order valence-electron chi connectivity index (χ4n) is 3.87. The van der Waals surface area contributed by atoms with E-state index < -0.39 is 11.2 Å². The first-order chi connectivity index (χ1) is 15.3. The summed E-state index contributed by atoms with van der Waals surface area (Å²) in [5, 5.41) is 0. The van der Waals surface area contributed by atoms with Crippen LogP contribution < -0.4 is 26.8 Å². The van der Waals surface area contributed by atoms with E-state index in [1.807, 2.05) is 39.0 Å². The number of benzene rings is 1. The highest BCUT2D eigenvalue weighted by Crippen LogP contribution is 2.33. The maximum absolute atomic E-state index is 13.5. The first-order valence-electron chi connectivity index (χ1n) is 11.2. The van der Waals surface area contributed by atoms with Crippen LogP contribution in [0, 0.1) is 5.92 Å². The standard InChI is InChI=1S/C23H33N5O3S/c1-4-5-12-27(20-21(24)28(14-16(2)3)23(31)25-22(20)30)19(29)15-26-11-8-13-32-18-10-7-6-9-17(18)26/h6-7,9-10,16H,4-5,8,11-15,24H2,1-3H3,(H,25,30,31). The number of nitrogens with one attached hydrogen (secondary N) is 1. The van der Waals surface area contributed by atoms with Crippen LogP contribution in [0.15, 0.2) is 38.8 Å². The van der Waals surface area contributed by atoms with Gasteiger partial charge in [0, 0.05) is 24.5 Å². The van der Waals surface area contributed by atoms with Crippen molar-refractivity contribution < 1.29 is 4.79 Å². The Morgan fingerprint density at radius 1 is 1.28 bits per heavy atom. The molecule has 3 N–H and O–H groups in total. The first-order valence-corrected chi connectivity index (χ1v) is 12.2. The second-order valence-electron chi connectivity index (χ2n) is 8.49. The van der Waals surface area contributed by atoms with E-state index in [-0.39, 0.29) is 29.9 Å². The van der Waals surface area contributed by atoms with E-state index in [9.17, 15) is 14.4 Å². The molecule has 1 aliphatic rings. The number of aromatic amines is 1. The van der Waals surface area contributed by atoms with Crippen LogP contribution in [0.25, 0.3) is 0 Å². The summed E-state index contributed by atoms with van der Waals surface area (Å²) in [6.45, 7) is 7.59. The van der Waals surface area contributed by atoms with Gasteiger partial charge in [0.2, 0.25) is 5.91 Å². The largest absolute Gasteiger partial charge is 0.383 e. The van der Waals surface area contributed by atoms with E-state index in [2.05, 4.69) is 16.0 Å². The summed E-state index contributed by atoms with van der Waals surface area (Å²) >= 11 is 1.79. The molecule has 1 aromatic heterocycles. The van der Waals surface area contributed by atoms with E-state index in [1.165, 1.54) is 9.47 Å². The Balaban J connectivity index is 1.98. The quantitative estimate of drug-likeness (QED) is 0.629. The fraction of sp³-hybridized carbons (Fsp3) is 0.522. The molecule has 2 heterocycles. The molecule has 9 heteroatoms. The van der Waals surface area contributed by atoms with Crippen molar-refractivity contribution in [2.24, 2.45) is 5.92 Å². The average molecular weight is 460 g/mol. The zero-order valence-corrected chi connectivity index (χ0v) is 19.9. The van der Waals surface area contributed by atoms with Crippen LogP contribution in [0.5, 0.6) is 0 Å². The van der Waals surface area contributed by atoms with Crippen LogP contribution in [0.4, 0.5) is 17.2 Å². The van der Waals surface area contributed by atoms with Gasteiger partial charge in [-0.2, -0.15) is 0 Å². The van der Waals surface area contributed by atoms with Gasteiger partial charge in [-0.15, -0.1) is 11.8 Å². The van der Waals surface area contributed by atoms with Gasteiger partial charge in [-0.3, -0.25) is 19.1 Å². The summed E-state index contributed by atoms with van der Waals surface area (Å²) in [5.74, 6) is 0.990. The topological polar surface area (TPSA) is 104 Å². The maximum Gasteiger partial charge on any atom is 0.330 e. The lowest BCUT2D eigenvalue weighted by atomic mass is 10.2. The molecule has 3 rings (SSSR count). The fourth-order valence-corrected chi connectivity index (χ4v) is 4.89. The number of hydrogen-bond acceptors (Lipinski definition) is 6. The number of H-pyrrole nitrogens is 1. The molecule has 1 aliphatic heterocycles. The Hall–Kier alpha value is -2.68. The molecule has 0 aliphatic carbocycles. The number of rotatable bonds is 8. The molecule has 0 saturated heterocycles. The molecule has 2 aromatic rings. The number of carbonyl (C=O) groups excluding carboxylic acids is 1. The molecule has 0 saturated carbocycles. The number of amides is 1. The number of thioether (sulfide) groups is 1. The zero-order valence-electron chi connectivity index (χ0n) is 19.1. The van der Waals surface area contributed by atoms with Crippen molar-refractivity contribution in [1.82, 2.24) is 9.55 Å². The Morgan fingerprint density at radius 3 is 2.75 bits per heavy atom. The highest BCUT2D eigenvalue weighted by atomic mass is 32.2. The van der Waals surface area contributed by atoms with Gasteiger partial charge in [-0.1, -0.05) is 39.3 Å². The van der Waals surface area contributed by atoms with E-state index in [0.717, 1.165) is 42.1 Å². The molecule has 1 aromatic carbocycles. The summed E-state index contributed by atoms with van der Waals surface area (Å²) in [6, 6.07) is 8.08. The van der Waals surface area contributed by atoms with Crippen molar-refractivity contribution in [3.05, 3.63) is 45.1 Å². The van der Waals surface area contributed by atoms with Crippen LogP contribution in [0.3, 0.4) is 0 Å². The predicted molar refractivity (Wildman–Crippen MR) is 132 cm³/mol. The third-order valence-electron chi connectivity index (χ3n) is 5.43. The van der Waals surface area contributed by atoms with Crippen LogP contribution in [-0.2, 0) is 11.3 Å². The number of para-hydroxylation sites is 1. The average Bonchev–Trinajstić information content (AvgIpc) is 2.95. The van der Waals surface area contributed by atoms with Crippen molar-refractivity contribution in [3.8, 4) is 0 Å². The molecule has 0 bridgehead atoms. The number of nitrogens with two attached hydrogens (primary N) is 1. The zero-order chi connectivity index (χ0) is 23.3. The normalized spacial score (nSPS) is 13.7. The minimum absolute atomic E-state index is 0.0451. The second-order valence-corrected chi connectivity index (χ2v) is 9.62. The van der Waals surface area contributed by atoms with Gasteiger partial charge in [-0.25, -0.2) is 4.79 Å². The van der Waals surface area contributed by atoms with Crippen LogP contribution in [0.2, 0.25) is 0 Å². The van der Waals surface area contributed by atoms with Crippen LogP contribution >= 0.6 is 11.8 Å². The Bertz CT molecular complexity index is 1060. The minimum atomic E-state index is -0.621. The molecule has 8 nitrogen and oxygen atoms in total. The van der Waals surface area contributed by atoms with Crippen LogP contribution in [0.1, 0.15) is 40.0 Å². The highest BCUT2D eigenvalue weighted by molar-refractivity contribution is 7.99. The molecule has 0 spiro atoms. The van der Waals surface area contributed by atoms with E-state index in [0.29, 0.717) is 13.1 Å². The molecule has 32 heavy (non-hydrogen) atoms. The van der Waals surface area contributed by atoms with Crippen molar-refractivity contribution in [2.75, 3.05) is 40.9 Å². The Labute approximate surface area is 192 Å². The monoisotopic (exact) mass is 459 g/mol. The summed E-state index contributed by atoms with van der Waals surface area (Å²) in [6.07, 6.45) is 2.54. The van der Waals surface area contributed by atoms with Gasteiger partial charge in [0.05, 0.1) is 12.2 Å². The summed E-state index contributed by atoms with van der Waals surface area (Å²) in [5.41, 5.74) is 6.24. The lowest BCUT2D eigenvalue weighted by molar-refractivity contribution is -0.117. The van der Waals surface area contributed by atoms with Gasteiger partial charge in [-0.05, 0) is 36.6 Å². The summed E-state index contributed by atoms with van der Waals surface area (Å²) < 4.78 is 1.35. The molecular formula is C23H33N5O3S. The molecule has 0 atom stereocenters. The number of aromatic nitrogens is 2. The summed E-state index contributed by atoms with van der Waals surface area (Å²) in [4.78, 5) is 45.7. The smallest absolute Gasteiger partial charge is 0.330 e. The van der Waals surface area contributed by atoms with Crippen molar-refractivity contribution in [1.29, 1.82) is 0 Å². The third kappa shape index (κ3) is 5.38. The van der Waals surface area contributed by atoms with Gasteiger partial charge in [0.1, 0.15) is 5.82 Å². The van der Waals surface area contributed by atoms with Gasteiger partial charge in [0.25, 0.3) is 5.56 Å². The maximum atomic E-state index is 13.5. The first kappa shape index (κ1) is 24.0. The summed E-state index contributed by atoms with van der Waals surface area (Å²) in [7, 11) is 0. The van der Waals surface area contributed by atoms with Crippen molar-refractivity contribution in [2.45, 2.75) is 51.5 Å². The lowest BCUT2D eigenvalue weighted by Crippen LogP contribution is -2.46. The van der Waals surface area contributed by atoms with E-state index in [1.54, 1.807) is 11.8 Å². The second kappa shape index (κ2) is 10.8. The van der Waals surface area contributed by atoms with Gasteiger partial charge < -0.3 is 15.5 Å². The number of anilines is 3. The molecule has 0 fully saturated rings. The predicted octanol–water partition coefficient (Wildman–Crippen LogP) is 2.91. The molecule has 174 valence electrons. The number of fused-ring (bicyclic) bond motifs is 1. The Morgan fingerprint density at radius 2 is 2.03 bits per heavy atom. The Kier molecular flexibility index (Phi) is 8.06. The number of nitrogen functional groups attached to an aromatic ring is 1. The van der Waals surface area contributed by atoms with E-state index in [4.69, 9.17) is 5.73 Å². The number of hydrogen-bond donors (Lipinski definition) is 2. The molecule has 0 radical (unpaired) electrons. The van der Waals surface area contributed by atoms with Crippen molar-refractivity contribution >= 4 is 34.9 Å². The number of unbranched alkanes of at least 4 members (excludes halogenated alkanes) is 1. The number of nitrogens with zero attached hydrogens (tertiary/aromatic N) is 3. The molecule has 1 amide bonds. The van der Waals surface area contributed by atoms with E-state index >= 15 is 0 Å². The molecule has 0 unspecified atom stereocenters. The van der Waals surface area contributed by atoms with Crippen molar-refractivity contribution in [3.63, 3.8) is 0 Å². The van der Waals surface area contributed by atoms with Gasteiger partial charge >= 0.3 is 5.69 Å². The van der Waals surface area contributed by atoms with Crippen LogP contribution in [-0.4, -0.2) is 40.8 Å². The SMILES string of the molecule is CCCCN(C(=O)CN1CCCSc2ccccc21)c1c(N)n(CC(C)C)c(=O)[nH]c1=O.